The van der Waals surface area contributed by atoms with Crippen molar-refractivity contribution in [2.75, 3.05) is 7.11 Å². The van der Waals surface area contributed by atoms with Crippen molar-refractivity contribution in [3.63, 3.8) is 0 Å². The lowest BCUT2D eigenvalue weighted by Crippen LogP contribution is -2.50. The van der Waals surface area contributed by atoms with Crippen LogP contribution < -0.4 is 5.32 Å². The Kier molecular flexibility index (Phi) is 4.17. The van der Waals surface area contributed by atoms with Crippen molar-refractivity contribution in [2.24, 2.45) is 0 Å². The minimum absolute atomic E-state index is 0.356. The Balaban J connectivity index is 2.87. The maximum atomic E-state index is 11.9. The van der Waals surface area contributed by atoms with E-state index in [4.69, 9.17) is 0 Å². The molecule has 0 saturated carbocycles. The van der Waals surface area contributed by atoms with Crippen LogP contribution in [0.5, 0.6) is 0 Å². The summed E-state index contributed by atoms with van der Waals surface area (Å²) in [7, 11) is 1.28. The van der Waals surface area contributed by atoms with Gasteiger partial charge in [0.15, 0.2) is 0 Å². The molecule has 0 atom stereocenters. The maximum Gasteiger partial charge on any atom is 0.330 e. The monoisotopic (exact) mass is 253 g/mol. The Hall–Kier alpha value is -1.49. The van der Waals surface area contributed by atoms with Crippen molar-refractivity contribution in [1.82, 2.24) is 5.32 Å². The summed E-state index contributed by atoms with van der Waals surface area (Å²) in [5, 5.41) is 2.60. The third kappa shape index (κ3) is 3.23. The number of methoxy groups -OCH3 is 1. The summed E-state index contributed by atoms with van der Waals surface area (Å²) in [5.41, 5.74) is -0.644. The average molecular weight is 253 g/mol. The normalized spacial score (nSPS) is 10.8. The van der Waals surface area contributed by atoms with Gasteiger partial charge in [-0.2, -0.15) is 0 Å². The Morgan fingerprint density at radius 2 is 1.88 bits per heavy atom. The molecule has 17 heavy (non-hydrogen) atoms. The number of esters is 1. The number of carbonyl (C=O) groups is 2. The Bertz CT molecular complexity index is 443. The predicted octanol–water partition coefficient (Wildman–Crippen LogP) is 1.66. The second-order valence-corrected chi connectivity index (χ2v) is 4.57. The number of hydrogen-bond donors (Lipinski definition) is 2. The van der Waals surface area contributed by atoms with E-state index in [0.29, 0.717) is 10.5 Å². The molecule has 1 amide bonds. The van der Waals surface area contributed by atoms with Crippen molar-refractivity contribution in [3.8, 4) is 0 Å². The lowest BCUT2D eigenvalue weighted by molar-refractivity contribution is -0.146. The van der Waals surface area contributed by atoms with Crippen molar-refractivity contribution in [1.29, 1.82) is 0 Å². The number of nitrogens with one attached hydrogen (secondary N) is 1. The summed E-state index contributed by atoms with van der Waals surface area (Å²) in [4.78, 5) is 23.9. The SMILES string of the molecule is COC(=O)C(C)(C)NC(=O)c1ccccc1S. The second-order valence-electron chi connectivity index (χ2n) is 4.09. The van der Waals surface area contributed by atoms with E-state index in [0.717, 1.165) is 0 Å². The number of ether oxygens (including phenoxy) is 1. The van der Waals surface area contributed by atoms with E-state index >= 15 is 0 Å². The first-order chi connectivity index (χ1) is 7.88. The van der Waals surface area contributed by atoms with Crippen LogP contribution in [-0.2, 0) is 9.53 Å². The van der Waals surface area contributed by atoms with Crippen LogP contribution in [0.3, 0.4) is 0 Å². The smallest absolute Gasteiger partial charge is 0.330 e. The van der Waals surface area contributed by atoms with E-state index < -0.39 is 11.5 Å². The van der Waals surface area contributed by atoms with E-state index in [-0.39, 0.29) is 5.91 Å². The van der Waals surface area contributed by atoms with Crippen LogP contribution in [-0.4, -0.2) is 24.5 Å². The van der Waals surface area contributed by atoms with Crippen molar-refractivity contribution in [3.05, 3.63) is 29.8 Å². The minimum Gasteiger partial charge on any atom is -0.467 e. The number of thiol groups is 1. The number of benzene rings is 1. The summed E-state index contributed by atoms with van der Waals surface area (Å²) in [6, 6.07) is 6.87. The van der Waals surface area contributed by atoms with Crippen LogP contribution >= 0.6 is 12.6 Å². The fraction of sp³-hybridized carbons (Fsp3) is 0.333. The highest BCUT2D eigenvalue weighted by Gasteiger charge is 2.31. The summed E-state index contributed by atoms with van der Waals surface area (Å²) in [6.45, 7) is 3.16. The first-order valence-electron chi connectivity index (χ1n) is 5.07. The highest BCUT2D eigenvalue weighted by atomic mass is 32.1. The molecule has 0 aliphatic heterocycles. The number of carbonyl (C=O) groups excluding carboxylic acids is 2. The largest absolute Gasteiger partial charge is 0.467 e. The number of rotatable bonds is 3. The Labute approximate surface area is 106 Å². The third-order valence-electron chi connectivity index (χ3n) is 2.27. The van der Waals surface area contributed by atoms with E-state index in [9.17, 15) is 9.59 Å². The molecule has 0 saturated heterocycles. The molecule has 1 N–H and O–H groups in total. The van der Waals surface area contributed by atoms with E-state index in [1.165, 1.54) is 7.11 Å². The van der Waals surface area contributed by atoms with Gasteiger partial charge in [0.2, 0.25) is 0 Å². The van der Waals surface area contributed by atoms with Crippen LogP contribution in [0.25, 0.3) is 0 Å². The zero-order chi connectivity index (χ0) is 13.1. The zero-order valence-corrected chi connectivity index (χ0v) is 10.9. The molecule has 0 fully saturated rings. The fourth-order valence-corrected chi connectivity index (χ4v) is 1.59. The second kappa shape index (κ2) is 5.23. The molecule has 0 radical (unpaired) electrons. The van der Waals surface area contributed by atoms with Gasteiger partial charge in [0, 0.05) is 4.90 Å². The highest BCUT2D eigenvalue weighted by molar-refractivity contribution is 7.80. The third-order valence-corrected chi connectivity index (χ3v) is 2.66. The molecule has 0 unspecified atom stereocenters. The molecular formula is C12H15NO3S. The van der Waals surface area contributed by atoms with Gasteiger partial charge in [0.05, 0.1) is 12.7 Å². The average Bonchev–Trinajstić information content (AvgIpc) is 2.27. The number of amides is 1. The first-order valence-corrected chi connectivity index (χ1v) is 5.52. The van der Waals surface area contributed by atoms with Gasteiger partial charge in [-0.15, -0.1) is 12.6 Å². The molecule has 0 heterocycles. The van der Waals surface area contributed by atoms with Gasteiger partial charge >= 0.3 is 5.97 Å². The summed E-state index contributed by atoms with van der Waals surface area (Å²) in [6.07, 6.45) is 0. The molecule has 0 aliphatic rings. The molecule has 4 nitrogen and oxygen atoms in total. The molecule has 1 rings (SSSR count). The molecule has 0 aromatic heterocycles. The standard InChI is InChI=1S/C12H15NO3S/c1-12(2,11(15)16-3)13-10(14)8-6-4-5-7-9(8)17/h4-7,17H,1-3H3,(H,13,14). The van der Waals surface area contributed by atoms with Gasteiger partial charge in [0.1, 0.15) is 5.54 Å². The minimum atomic E-state index is -1.07. The molecular weight excluding hydrogens is 238 g/mol. The lowest BCUT2D eigenvalue weighted by Gasteiger charge is -2.23. The van der Waals surface area contributed by atoms with Crippen LogP contribution in [0.2, 0.25) is 0 Å². The lowest BCUT2D eigenvalue weighted by atomic mass is 10.1. The zero-order valence-electron chi connectivity index (χ0n) is 9.98. The van der Waals surface area contributed by atoms with Crippen LogP contribution in [0.1, 0.15) is 24.2 Å². The van der Waals surface area contributed by atoms with E-state index in [1.807, 2.05) is 0 Å². The molecule has 0 aliphatic carbocycles. The highest BCUT2D eigenvalue weighted by Crippen LogP contribution is 2.14. The molecule has 92 valence electrons. The Morgan fingerprint density at radius 1 is 1.29 bits per heavy atom. The fourth-order valence-electron chi connectivity index (χ4n) is 1.32. The summed E-state index contributed by atoms with van der Waals surface area (Å²) < 4.78 is 4.61. The summed E-state index contributed by atoms with van der Waals surface area (Å²) in [5.74, 6) is -0.853. The first kappa shape index (κ1) is 13.6. The van der Waals surface area contributed by atoms with Gasteiger partial charge in [-0.25, -0.2) is 4.79 Å². The van der Waals surface area contributed by atoms with Crippen molar-refractivity contribution >= 4 is 24.5 Å². The molecule has 5 heteroatoms. The summed E-state index contributed by atoms with van der Waals surface area (Å²) >= 11 is 4.18. The molecule has 1 aromatic rings. The van der Waals surface area contributed by atoms with E-state index in [1.54, 1.807) is 38.1 Å². The van der Waals surface area contributed by atoms with Crippen LogP contribution in [0, 0.1) is 0 Å². The number of hydrogen-bond acceptors (Lipinski definition) is 4. The van der Waals surface area contributed by atoms with Gasteiger partial charge in [-0.05, 0) is 26.0 Å². The van der Waals surface area contributed by atoms with Gasteiger partial charge in [0.25, 0.3) is 5.91 Å². The van der Waals surface area contributed by atoms with Gasteiger partial charge in [-0.1, -0.05) is 12.1 Å². The van der Waals surface area contributed by atoms with Crippen molar-refractivity contribution in [2.45, 2.75) is 24.3 Å². The van der Waals surface area contributed by atoms with Gasteiger partial charge in [-0.3, -0.25) is 4.79 Å². The van der Waals surface area contributed by atoms with E-state index in [2.05, 4.69) is 22.7 Å². The van der Waals surface area contributed by atoms with Gasteiger partial charge < -0.3 is 10.1 Å². The molecule has 0 bridgehead atoms. The van der Waals surface area contributed by atoms with Crippen molar-refractivity contribution < 1.29 is 14.3 Å². The van der Waals surface area contributed by atoms with Crippen LogP contribution in [0.4, 0.5) is 0 Å². The molecule has 1 aromatic carbocycles. The predicted molar refractivity (Wildman–Crippen MR) is 67.3 cm³/mol. The van der Waals surface area contributed by atoms with Crippen LogP contribution in [0.15, 0.2) is 29.2 Å². The quantitative estimate of drug-likeness (QED) is 0.636. The maximum absolute atomic E-state index is 11.9. The Morgan fingerprint density at radius 3 is 2.41 bits per heavy atom. The molecule has 0 spiro atoms. The topological polar surface area (TPSA) is 55.4 Å².